The monoisotopic (exact) mass is 266 g/mol. The van der Waals surface area contributed by atoms with Gasteiger partial charge in [-0.25, -0.2) is 4.79 Å². The van der Waals surface area contributed by atoms with Crippen molar-refractivity contribution in [1.82, 2.24) is 0 Å². The fourth-order valence-electron chi connectivity index (χ4n) is 2.00. The van der Waals surface area contributed by atoms with Gasteiger partial charge in [0.25, 0.3) is 0 Å². The van der Waals surface area contributed by atoms with E-state index in [0.717, 1.165) is 0 Å². The van der Waals surface area contributed by atoms with Crippen LogP contribution in [0.15, 0.2) is 18.2 Å². The summed E-state index contributed by atoms with van der Waals surface area (Å²) in [5.41, 5.74) is 6.27. The number of amides is 1. The third kappa shape index (κ3) is 2.73. The Morgan fingerprint density at radius 2 is 2.21 bits per heavy atom. The number of methoxy groups -OCH3 is 2. The minimum Gasteiger partial charge on any atom is -0.497 e. The van der Waals surface area contributed by atoms with E-state index in [1.54, 1.807) is 32.4 Å². The summed E-state index contributed by atoms with van der Waals surface area (Å²) in [6.07, 6.45) is -0.392. The highest BCUT2D eigenvalue weighted by Gasteiger charge is 2.29. The van der Waals surface area contributed by atoms with Crippen LogP contribution in [-0.2, 0) is 4.74 Å². The first-order chi connectivity index (χ1) is 9.19. The van der Waals surface area contributed by atoms with Gasteiger partial charge in [0.2, 0.25) is 0 Å². The molecule has 0 aliphatic carbocycles. The van der Waals surface area contributed by atoms with Gasteiger partial charge in [0, 0.05) is 25.1 Å². The molecule has 1 fully saturated rings. The number of carbonyl (C=O) groups is 1. The van der Waals surface area contributed by atoms with Gasteiger partial charge in [0.15, 0.2) is 0 Å². The number of carbonyl (C=O) groups excluding carboxylic acids is 1. The van der Waals surface area contributed by atoms with E-state index >= 15 is 0 Å². The van der Waals surface area contributed by atoms with E-state index in [1.807, 2.05) is 0 Å². The Bertz CT molecular complexity index is 464. The first kappa shape index (κ1) is 13.5. The van der Waals surface area contributed by atoms with Gasteiger partial charge in [0.1, 0.15) is 11.5 Å². The second kappa shape index (κ2) is 5.79. The molecular weight excluding hydrogens is 248 g/mol. The van der Waals surface area contributed by atoms with Gasteiger partial charge in [-0.05, 0) is 12.1 Å². The van der Waals surface area contributed by atoms with Gasteiger partial charge in [-0.3, -0.25) is 4.90 Å². The molecule has 2 rings (SSSR count). The van der Waals surface area contributed by atoms with Crippen LogP contribution in [0.25, 0.3) is 0 Å². The lowest BCUT2D eigenvalue weighted by atomic mass is 10.1. The number of cyclic esters (lactones) is 1. The van der Waals surface area contributed by atoms with E-state index in [-0.39, 0.29) is 5.92 Å². The van der Waals surface area contributed by atoms with Crippen molar-refractivity contribution in [2.75, 3.05) is 38.8 Å². The molecule has 104 valence electrons. The first-order valence-electron chi connectivity index (χ1n) is 6.06. The summed E-state index contributed by atoms with van der Waals surface area (Å²) in [7, 11) is 3.13. The molecule has 1 heterocycles. The van der Waals surface area contributed by atoms with E-state index < -0.39 is 6.09 Å². The zero-order valence-electron chi connectivity index (χ0n) is 11.1. The summed E-state index contributed by atoms with van der Waals surface area (Å²) in [4.78, 5) is 13.4. The lowest BCUT2D eigenvalue weighted by Gasteiger charge is -2.32. The molecule has 1 saturated heterocycles. The van der Waals surface area contributed by atoms with Crippen LogP contribution in [-0.4, -0.2) is 40.0 Å². The standard InChI is InChI=1S/C13H18N2O4/c1-17-10-3-4-12(18-2)11(5-10)15-7-9(6-14)8-19-13(15)16/h3-5,9H,6-8,14H2,1-2H3. The average Bonchev–Trinajstić information content (AvgIpc) is 2.47. The second-order valence-electron chi connectivity index (χ2n) is 4.33. The number of nitrogens with zero attached hydrogens (tertiary/aromatic N) is 1. The average molecular weight is 266 g/mol. The highest BCUT2D eigenvalue weighted by molar-refractivity contribution is 5.90. The van der Waals surface area contributed by atoms with Crippen LogP contribution >= 0.6 is 0 Å². The molecule has 0 aromatic heterocycles. The molecule has 0 spiro atoms. The fourth-order valence-corrected chi connectivity index (χ4v) is 2.00. The number of hydrogen-bond acceptors (Lipinski definition) is 5. The Balaban J connectivity index is 2.34. The van der Waals surface area contributed by atoms with Crippen molar-refractivity contribution < 1.29 is 19.0 Å². The predicted molar refractivity (Wildman–Crippen MR) is 70.8 cm³/mol. The number of hydrogen-bond donors (Lipinski definition) is 1. The molecule has 0 radical (unpaired) electrons. The predicted octanol–water partition coefficient (Wildman–Crippen LogP) is 1.24. The largest absolute Gasteiger partial charge is 0.497 e. The van der Waals surface area contributed by atoms with Crippen LogP contribution in [0.5, 0.6) is 11.5 Å². The normalized spacial score (nSPS) is 19.0. The molecule has 1 aromatic rings. The topological polar surface area (TPSA) is 74.0 Å². The Labute approximate surface area is 112 Å². The number of benzene rings is 1. The van der Waals surface area contributed by atoms with Crippen LogP contribution < -0.4 is 20.1 Å². The molecule has 1 aromatic carbocycles. The summed E-state index contributed by atoms with van der Waals surface area (Å²) in [6, 6.07) is 5.28. The molecule has 1 aliphatic rings. The number of nitrogens with two attached hydrogens (primary N) is 1. The second-order valence-corrected chi connectivity index (χ2v) is 4.33. The maximum atomic E-state index is 11.9. The summed E-state index contributed by atoms with van der Waals surface area (Å²) in [6.45, 7) is 1.34. The molecule has 1 unspecified atom stereocenters. The van der Waals surface area contributed by atoms with E-state index in [0.29, 0.717) is 36.9 Å². The fraction of sp³-hybridized carbons (Fsp3) is 0.462. The van der Waals surface area contributed by atoms with Gasteiger partial charge in [0.05, 0.1) is 26.5 Å². The maximum absolute atomic E-state index is 11.9. The zero-order valence-corrected chi connectivity index (χ0v) is 11.1. The minimum absolute atomic E-state index is 0.119. The van der Waals surface area contributed by atoms with Crippen LogP contribution in [0.2, 0.25) is 0 Å². The van der Waals surface area contributed by atoms with Crippen molar-refractivity contribution in [2.45, 2.75) is 0 Å². The van der Waals surface area contributed by atoms with Crippen LogP contribution in [0.3, 0.4) is 0 Å². The summed E-state index contributed by atoms with van der Waals surface area (Å²) >= 11 is 0. The van der Waals surface area contributed by atoms with Crippen LogP contribution in [0, 0.1) is 5.92 Å². The van der Waals surface area contributed by atoms with E-state index in [4.69, 9.17) is 19.9 Å². The van der Waals surface area contributed by atoms with Gasteiger partial charge in [-0.1, -0.05) is 0 Å². The van der Waals surface area contributed by atoms with Crippen molar-refractivity contribution in [2.24, 2.45) is 11.7 Å². The third-order valence-corrected chi connectivity index (χ3v) is 3.11. The molecule has 0 saturated carbocycles. The molecule has 6 heteroatoms. The van der Waals surface area contributed by atoms with Crippen molar-refractivity contribution >= 4 is 11.8 Å². The smallest absolute Gasteiger partial charge is 0.414 e. The highest BCUT2D eigenvalue weighted by Crippen LogP contribution is 2.34. The number of rotatable bonds is 4. The van der Waals surface area contributed by atoms with E-state index in [1.165, 1.54) is 4.90 Å². The summed E-state index contributed by atoms with van der Waals surface area (Å²) < 4.78 is 15.6. The lowest BCUT2D eigenvalue weighted by molar-refractivity contribution is 0.117. The Morgan fingerprint density at radius 1 is 1.42 bits per heavy atom. The Hall–Kier alpha value is -1.95. The maximum Gasteiger partial charge on any atom is 0.414 e. The molecule has 1 atom stereocenters. The molecule has 19 heavy (non-hydrogen) atoms. The minimum atomic E-state index is -0.392. The SMILES string of the molecule is COc1ccc(OC)c(N2CC(CN)COC2=O)c1. The molecule has 1 amide bonds. The molecule has 6 nitrogen and oxygen atoms in total. The van der Waals surface area contributed by atoms with Crippen LogP contribution in [0.1, 0.15) is 0 Å². The zero-order chi connectivity index (χ0) is 13.8. The lowest BCUT2D eigenvalue weighted by Crippen LogP contribution is -2.45. The first-order valence-corrected chi connectivity index (χ1v) is 6.06. The van der Waals surface area contributed by atoms with Gasteiger partial charge >= 0.3 is 6.09 Å². The van der Waals surface area contributed by atoms with Gasteiger partial charge in [-0.2, -0.15) is 0 Å². The Kier molecular flexibility index (Phi) is 4.11. The molecule has 0 bridgehead atoms. The highest BCUT2D eigenvalue weighted by atomic mass is 16.6. The summed E-state index contributed by atoms with van der Waals surface area (Å²) in [5.74, 6) is 1.36. The van der Waals surface area contributed by atoms with Crippen molar-refractivity contribution in [3.63, 3.8) is 0 Å². The van der Waals surface area contributed by atoms with Gasteiger partial charge < -0.3 is 19.9 Å². The molecule has 1 aliphatic heterocycles. The quantitative estimate of drug-likeness (QED) is 0.887. The molecular formula is C13H18N2O4. The summed E-state index contributed by atoms with van der Waals surface area (Å²) in [5, 5.41) is 0. The third-order valence-electron chi connectivity index (χ3n) is 3.11. The molecule has 2 N–H and O–H groups in total. The Morgan fingerprint density at radius 3 is 2.84 bits per heavy atom. The number of ether oxygens (including phenoxy) is 3. The van der Waals surface area contributed by atoms with E-state index in [9.17, 15) is 4.79 Å². The van der Waals surface area contributed by atoms with Gasteiger partial charge in [-0.15, -0.1) is 0 Å². The number of anilines is 1. The van der Waals surface area contributed by atoms with Crippen molar-refractivity contribution in [3.8, 4) is 11.5 Å². The van der Waals surface area contributed by atoms with Crippen molar-refractivity contribution in [1.29, 1.82) is 0 Å². The van der Waals surface area contributed by atoms with Crippen molar-refractivity contribution in [3.05, 3.63) is 18.2 Å². The van der Waals surface area contributed by atoms with Crippen LogP contribution in [0.4, 0.5) is 10.5 Å². The van der Waals surface area contributed by atoms with E-state index in [2.05, 4.69) is 0 Å².